The van der Waals surface area contributed by atoms with Gasteiger partial charge in [0.05, 0.1) is 5.02 Å². The van der Waals surface area contributed by atoms with Crippen molar-refractivity contribution in [1.29, 1.82) is 0 Å². The largest absolute Gasteiger partial charge is 0.482 e. The third-order valence-corrected chi connectivity index (χ3v) is 2.96. The van der Waals surface area contributed by atoms with Crippen LogP contribution in [0.25, 0.3) is 0 Å². The van der Waals surface area contributed by atoms with Crippen LogP contribution in [0.4, 0.5) is 0 Å². The van der Waals surface area contributed by atoms with Crippen molar-refractivity contribution in [2.45, 2.75) is 6.42 Å². The quantitative estimate of drug-likeness (QED) is 0.658. The van der Waals surface area contributed by atoms with E-state index >= 15 is 0 Å². The lowest BCUT2D eigenvalue weighted by Crippen LogP contribution is -2.24. The van der Waals surface area contributed by atoms with Crippen LogP contribution in [-0.2, 0) is 11.2 Å². The maximum Gasteiger partial charge on any atom is 0.277 e. The second-order valence-electron chi connectivity index (χ2n) is 4.26. The van der Waals surface area contributed by atoms with E-state index in [0.29, 0.717) is 17.2 Å². The molecule has 0 aliphatic heterocycles. The summed E-state index contributed by atoms with van der Waals surface area (Å²) in [4.78, 5) is 11.5. The van der Waals surface area contributed by atoms with E-state index in [-0.39, 0.29) is 12.5 Å². The molecule has 0 aliphatic rings. The van der Waals surface area contributed by atoms with E-state index in [1.165, 1.54) is 0 Å². The fourth-order valence-electron chi connectivity index (χ4n) is 1.62. The lowest BCUT2D eigenvalue weighted by Gasteiger charge is -2.06. The van der Waals surface area contributed by atoms with Crippen LogP contribution in [0.3, 0.4) is 0 Å². The molecule has 0 saturated carbocycles. The van der Waals surface area contributed by atoms with Crippen molar-refractivity contribution in [3.63, 3.8) is 0 Å². The van der Waals surface area contributed by atoms with Crippen LogP contribution in [0.15, 0.2) is 59.7 Å². The Hall–Kier alpha value is -2.33. The zero-order chi connectivity index (χ0) is 14.9. The average molecular weight is 303 g/mol. The van der Waals surface area contributed by atoms with Gasteiger partial charge in [0.25, 0.3) is 5.91 Å². The molecule has 0 heterocycles. The lowest BCUT2D eigenvalue weighted by molar-refractivity contribution is -0.123. The third-order valence-electron chi connectivity index (χ3n) is 2.65. The molecule has 0 spiro atoms. The Morgan fingerprint density at radius 1 is 1.14 bits per heavy atom. The van der Waals surface area contributed by atoms with E-state index in [0.717, 1.165) is 5.56 Å². The first-order chi connectivity index (χ1) is 10.3. The Bertz CT molecular complexity index is 615. The van der Waals surface area contributed by atoms with E-state index in [9.17, 15) is 4.79 Å². The van der Waals surface area contributed by atoms with E-state index in [1.54, 1.807) is 30.5 Å². The summed E-state index contributed by atoms with van der Waals surface area (Å²) >= 11 is 5.92. The van der Waals surface area contributed by atoms with Gasteiger partial charge in [-0.15, -0.1) is 0 Å². The van der Waals surface area contributed by atoms with Crippen molar-refractivity contribution in [1.82, 2.24) is 5.43 Å². The molecule has 0 aliphatic carbocycles. The normalized spacial score (nSPS) is 10.5. The Kier molecular flexibility index (Phi) is 5.79. The topological polar surface area (TPSA) is 50.7 Å². The molecule has 0 fully saturated rings. The van der Waals surface area contributed by atoms with Gasteiger partial charge in [-0.2, -0.15) is 5.10 Å². The first-order valence-corrected chi connectivity index (χ1v) is 6.85. The summed E-state index contributed by atoms with van der Waals surface area (Å²) in [6.45, 7) is -0.133. The highest BCUT2D eigenvalue weighted by atomic mass is 35.5. The number of halogens is 1. The average Bonchev–Trinajstić information content (AvgIpc) is 2.52. The van der Waals surface area contributed by atoms with Crippen molar-refractivity contribution in [3.05, 3.63) is 65.2 Å². The van der Waals surface area contributed by atoms with Crippen LogP contribution in [0.2, 0.25) is 5.02 Å². The van der Waals surface area contributed by atoms with Gasteiger partial charge in [0.1, 0.15) is 5.75 Å². The van der Waals surface area contributed by atoms with Crippen LogP contribution < -0.4 is 10.2 Å². The third kappa shape index (κ3) is 5.28. The Morgan fingerprint density at radius 3 is 2.62 bits per heavy atom. The molecule has 0 unspecified atom stereocenters. The van der Waals surface area contributed by atoms with Gasteiger partial charge < -0.3 is 4.74 Å². The molecular weight excluding hydrogens is 288 g/mol. The minimum absolute atomic E-state index is 0.133. The minimum atomic E-state index is -0.334. The van der Waals surface area contributed by atoms with Crippen molar-refractivity contribution in [3.8, 4) is 5.75 Å². The van der Waals surface area contributed by atoms with E-state index in [4.69, 9.17) is 16.3 Å². The van der Waals surface area contributed by atoms with Crippen LogP contribution in [0.1, 0.15) is 5.56 Å². The molecule has 0 bridgehead atoms. The van der Waals surface area contributed by atoms with Crippen molar-refractivity contribution >= 4 is 23.7 Å². The number of carbonyl (C=O) groups excluding carboxylic acids is 1. The van der Waals surface area contributed by atoms with Gasteiger partial charge in [0.2, 0.25) is 0 Å². The van der Waals surface area contributed by atoms with Gasteiger partial charge in [-0.1, -0.05) is 54.1 Å². The molecule has 0 atom stereocenters. The number of para-hydroxylation sites is 1. The zero-order valence-corrected chi connectivity index (χ0v) is 12.1. The molecule has 4 nitrogen and oxygen atoms in total. The minimum Gasteiger partial charge on any atom is -0.482 e. The second kappa shape index (κ2) is 8.07. The standard InChI is InChI=1S/C16H15ClN2O2/c17-14-8-4-5-9-15(14)21-12-16(20)19-18-11-10-13-6-2-1-3-7-13/h1-9,11H,10,12H2,(H,19,20)/b18-11+. The van der Waals surface area contributed by atoms with E-state index in [2.05, 4.69) is 10.5 Å². The molecule has 108 valence electrons. The molecule has 2 aromatic rings. The SMILES string of the molecule is O=C(COc1ccccc1Cl)N/N=C/Cc1ccccc1. The van der Waals surface area contributed by atoms with Gasteiger partial charge in [0.15, 0.2) is 6.61 Å². The first-order valence-electron chi connectivity index (χ1n) is 6.47. The fraction of sp³-hybridized carbons (Fsp3) is 0.125. The predicted octanol–water partition coefficient (Wildman–Crippen LogP) is 3.06. The van der Waals surface area contributed by atoms with Crippen LogP contribution in [0.5, 0.6) is 5.75 Å². The summed E-state index contributed by atoms with van der Waals surface area (Å²) in [5, 5.41) is 4.33. The maximum atomic E-state index is 11.5. The Labute approximate surface area is 128 Å². The van der Waals surface area contributed by atoms with Gasteiger partial charge in [-0.3, -0.25) is 4.79 Å². The zero-order valence-electron chi connectivity index (χ0n) is 11.3. The van der Waals surface area contributed by atoms with Gasteiger partial charge in [-0.25, -0.2) is 5.43 Å². The number of amides is 1. The summed E-state index contributed by atoms with van der Waals surface area (Å²) in [5.41, 5.74) is 3.53. The van der Waals surface area contributed by atoms with E-state index < -0.39 is 0 Å². The number of benzene rings is 2. The van der Waals surface area contributed by atoms with Crippen LogP contribution in [0, 0.1) is 0 Å². The maximum absolute atomic E-state index is 11.5. The molecule has 2 aromatic carbocycles. The van der Waals surface area contributed by atoms with Gasteiger partial charge in [0, 0.05) is 12.6 Å². The van der Waals surface area contributed by atoms with Crippen molar-refractivity contribution < 1.29 is 9.53 Å². The molecular formula is C16H15ClN2O2. The van der Waals surface area contributed by atoms with Crippen LogP contribution in [-0.4, -0.2) is 18.7 Å². The highest BCUT2D eigenvalue weighted by Gasteiger charge is 2.03. The lowest BCUT2D eigenvalue weighted by atomic mass is 10.2. The fourth-order valence-corrected chi connectivity index (χ4v) is 1.81. The number of hydrogen-bond acceptors (Lipinski definition) is 3. The highest BCUT2D eigenvalue weighted by molar-refractivity contribution is 6.32. The molecule has 5 heteroatoms. The smallest absolute Gasteiger partial charge is 0.277 e. The highest BCUT2D eigenvalue weighted by Crippen LogP contribution is 2.22. The van der Waals surface area contributed by atoms with Crippen molar-refractivity contribution in [2.24, 2.45) is 5.10 Å². The van der Waals surface area contributed by atoms with Gasteiger partial charge >= 0.3 is 0 Å². The number of carbonyl (C=O) groups is 1. The number of ether oxygens (including phenoxy) is 1. The summed E-state index contributed by atoms with van der Waals surface area (Å²) < 4.78 is 5.30. The number of hydrogen-bond donors (Lipinski definition) is 1. The molecule has 1 N–H and O–H groups in total. The summed E-state index contributed by atoms with van der Waals surface area (Å²) in [6.07, 6.45) is 2.30. The van der Waals surface area contributed by atoms with Gasteiger partial charge in [-0.05, 0) is 17.7 Å². The molecule has 0 saturated heterocycles. The summed E-state index contributed by atoms with van der Waals surface area (Å²) in [6, 6.07) is 16.8. The van der Waals surface area contributed by atoms with Crippen molar-refractivity contribution in [2.75, 3.05) is 6.61 Å². The Morgan fingerprint density at radius 2 is 1.86 bits per heavy atom. The number of nitrogens with zero attached hydrogens (tertiary/aromatic N) is 1. The van der Waals surface area contributed by atoms with E-state index in [1.807, 2.05) is 30.3 Å². The molecule has 2 rings (SSSR count). The predicted molar refractivity (Wildman–Crippen MR) is 83.7 cm³/mol. The molecule has 21 heavy (non-hydrogen) atoms. The van der Waals surface area contributed by atoms with Crippen LogP contribution >= 0.6 is 11.6 Å². The first kappa shape index (κ1) is 15.1. The molecule has 0 radical (unpaired) electrons. The monoisotopic (exact) mass is 302 g/mol. The molecule has 1 amide bonds. The Balaban J connectivity index is 1.71. The number of rotatable bonds is 6. The molecule has 0 aromatic heterocycles. The number of hydrazone groups is 1. The summed E-state index contributed by atoms with van der Waals surface area (Å²) in [5.74, 6) is 0.141. The number of nitrogens with one attached hydrogen (secondary N) is 1. The second-order valence-corrected chi connectivity index (χ2v) is 4.66. The summed E-state index contributed by atoms with van der Waals surface area (Å²) in [7, 11) is 0.